The highest BCUT2D eigenvalue weighted by atomic mass is 32.1. The van der Waals surface area contributed by atoms with Crippen LogP contribution >= 0.6 is 11.3 Å². The summed E-state index contributed by atoms with van der Waals surface area (Å²) in [5.41, 5.74) is 12.0. The van der Waals surface area contributed by atoms with E-state index in [0.717, 1.165) is 44.6 Å². The van der Waals surface area contributed by atoms with Gasteiger partial charge in [0.05, 0.1) is 11.2 Å². The van der Waals surface area contributed by atoms with Crippen LogP contribution in [0.5, 0.6) is 0 Å². The first-order valence-corrected chi connectivity index (χ1v) is 19.1. The Bertz CT molecular complexity index is 3140. The van der Waals surface area contributed by atoms with Gasteiger partial charge in [-0.1, -0.05) is 133 Å². The third kappa shape index (κ3) is 4.88. The summed E-state index contributed by atoms with van der Waals surface area (Å²) in [5, 5.41) is 6.13. The SMILES string of the molecule is c1ccc(-c2ccc(N(c3ccc(-c4ccc5c6c7ccccc7sc6n(-c6ccccc6)c5c4)cc3)c3cccc4c3oc3ccccc34)cc2)cc1. The summed E-state index contributed by atoms with van der Waals surface area (Å²) in [6.07, 6.45) is 0. The Kier molecular flexibility index (Phi) is 7.04. The first-order chi connectivity index (χ1) is 26.8. The molecule has 0 atom stereocenters. The summed E-state index contributed by atoms with van der Waals surface area (Å²) in [4.78, 5) is 3.59. The van der Waals surface area contributed by atoms with Gasteiger partial charge in [-0.15, -0.1) is 11.3 Å². The summed E-state index contributed by atoms with van der Waals surface area (Å²) >= 11 is 1.86. The highest BCUT2D eigenvalue weighted by Gasteiger charge is 2.21. The second-order valence-electron chi connectivity index (χ2n) is 13.7. The van der Waals surface area contributed by atoms with E-state index in [1.807, 2.05) is 23.5 Å². The number of furan rings is 1. The molecule has 0 aliphatic rings. The Morgan fingerprint density at radius 3 is 1.80 bits per heavy atom. The predicted molar refractivity (Wildman–Crippen MR) is 229 cm³/mol. The molecule has 0 amide bonds. The lowest BCUT2D eigenvalue weighted by atomic mass is 10.0. The number of anilines is 3. The zero-order chi connectivity index (χ0) is 35.6. The molecule has 0 aliphatic carbocycles. The zero-order valence-electron chi connectivity index (χ0n) is 29.2. The smallest absolute Gasteiger partial charge is 0.159 e. The van der Waals surface area contributed by atoms with E-state index in [1.54, 1.807) is 0 Å². The molecule has 0 saturated carbocycles. The van der Waals surface area contributed by atoms with Gasteiger partial charge >= 0.3 is 0 Å². The molecule has 4 heteroatoms. The monoisotopic (exact) mass is 708 g/mol. The Morgan fingerprint density at radius 1 is 0.444 bits per heavy atom. The fourth-order valence-electron chi connectivity index (χ4n) is 8.07. The van der Waals surface area contributed by atoms with Crippen molar-refractivity contribution >= 4 is 81.5 Å². The second-order valence-corrected chi connectivity index (χ2v) is 14.8. The van der Waals surface area contributed by atoms with Crippen LogP contribution in [0.2, 0.25) is 0 Å². The van der Waals surface area contributed by atoms with Crippen molar-refractivity contribution in [3.05, 3.63) is 194 Å². The molecule has 0 N–H and O–H groups in total. The van der Waals surface area contributed by atoms with Crippen LogP contribution in [0.4, 0.5) is 17.1 Å². The summed E-state index contributed by atoms with van der Waals surface area (Å²) in [7, 11) is 0. The van der Waals surface area contributed by atoms with Crippen molar-refractivity contribution in [3.63, 3.8) is 0 Å². The lowest BCUT2D eigenvalue weighted by Crippen LogP contribution is -2.10. The molecule has 0 radical (unpaired) electrons. The molecule has 254 valence electrons. The minimum Gasteiger partial charge on any atom is -0.454 e. The summed E-state index contributed by atoms with van der Waals surface area (Å²) in [6.45, 7) is 0. The first-order valence-electron chi connectivity index (χ1n) is 18.3. The summed E-state index contributed by atoms with van der Waals surface area (Å²) in [6, 6.07) is 69.4. The molecule has 3 nitrogen and oxygen atoms in total. The Morgan fingerprint density at radius 2 is 1.04 bits per heavy atom. The number of aromatic nitrogens is 1. The van der Waals surface area contributed by atoms with E-state index in [1.165, 1.54) is 53.6 Å². The molecular formula is C50H32N2OS. The maximum Gasteiger partial charge on any atom is 0.159 e. The normalized spacial score (nSPS) is 11.7. The van der Waals surface area contributed by atoms with Gasteiger partial charge in [0.2, 0.25) is 0 Å². The van der Waals surface area contributed by atoms with E-state index in [-0.39, 0.29) is 0 Å². The molecule has 0 unspecified atom stereocenters. The topological polar surface area (TPSA) is 21.3 Å². The van der Waals surface area contributed by atoms with Crippen molar-refractivity contribution in [2.75, 3.05) is 4.90 Å². The van der Waals surface area contributed by atoms with Gasteiger partial charge in [-0.05, 0) is 82.9 Å². The predicted octanol–water partition coefficient (Wildman–Crippen LogP) is 14.7. The van der Waals surface area contributed by atoms with Crippen molar-refractivity contribution in [2.24, 2.45) is 0 Å². The fourth-order valence-corrected chi connectivity index (χ4v) is 9.32. The van der Waals surface area contributed by atoms with Crippen molar-refractivity contribution in [1.29, 1.82) is 0 Å². The van der Waals surface area contributed by atoms with Crippen LogP contribution in [0.15, 0.2) is 199 Å². The van der Waals surface area contributed by atoms with Crippen LogP contribution in [0.25, 0.3) is 81.1 Å². The summed E-state index contributed by atoms with van der Waals surface area (Å²) in [5.74, 6) is 0. The number of hydrogen-bond donors (Lipinski definition) is 0. The number of nitrogens with zero attached hydrogens (tertiary/aromatic N) is 2. The zero-order valence-corrected chi connectivity index (χ0v) is 30.0. The maximum absolute atomic E-state index is 6.58. The van der Waals surface area contributed by atoms with Gasteiger partial charge in [0.25, 0.3) is 0 Å². The third-order valence-electron chi connectivity index (χ3n) is 10.6. The van der Waals surface area contributed by atoms with Gasteiger partial charge in [-0.2, -0.15) is 0 Å². The molecule has 11 rings (SSSR count). The Hall–Kier alpha value is -6.88. The molecule has 11 aromatic rings. The lowest BCUT2D eigenvalue weighted by Gasteiger charge is -2.26. The Balaban J connectivity index is 1.05. The standard InChI is InChI=1S/C50H32N2OS/c1-3-12-33(13-4-1)34-22-27-38(28-23-34)51(44-19-11-18-41-40-16-7-9-20-46(40)53-49(41)44)39-29-24-35(25-30-39)36-26-31-42-45(32-36)52(37-14-5-2-6-15-37)50-48(42)43-17-8-10-21-47(43)54-50/h1-32H. The van der Waals surface area contributed by atoms with Crippen molar-refractivity contribution in [3.8, 4) is 27.9 Å². The molecule has 0 fully saturated rings. The van der Waals surface area contributed by atoms with Crippen molar-refractivity contribution < 1.29 is 4.42 Å². The van der Waals surface area contributed by atoms with Crippen LogP contribution < -0.4 is 4.90 Å². The first kappa shape index (κ1) is 30.7. The van der Waals surface area contributed by atoms with E-state index >= 15 is 0 Å². The molecule has 0 aliphatic heterocycles. The average Bonchev–Trinajstić information content (AvgIpc) is 3.91. The van der Waals surface area contributed by atoms with Gasteiger partial charge in [0.1, 0.15) is 10.4 Å². The van der Waals surface area contributed by atoms with Crippen LogP contribution in [0.1, 0.15) is 0 Å². The molecule has 8 aromatic carbocycles. The minimum atomic E-state index is 0.870. The highest BCUT2D eigenvalue weighted by Crippen LogP contribution is 2.45. The number of benzene rings is 8. The largest absolute Gasteiger partial charge is 0.454 e. The third-order valence-corrected chi connectivity index (χ3v) is 11.8. The molecule has 0 bridgehead atoms. The minimum absolute atomic E-state index is 0.870. The molecule has 0 spiro atoms. The quantitative estimate of drug-likeness (QED) is 0.171. The molecular weight excluding hydrogens is 677 g/mol. The number of hydrogen-bond acceptors (Lipinski definition) is 3. The van der Waals surface area contributed by atoms with Gasteiger partial charge in [-0.25, -0.2) is 0 Å². The maximum atomic E-state index is 6.58. The number of para-hydroxylation sites is 3. The average molecular weight is 709 g/mol. The van der Waals surface area contributed by atoms with Gasteiger partial charge in [0.15, 0.2) is 5.58 Å². The Labute approximate surface area is 316 Å². The van der Waals surface area contributed by atoms with Crippen molar-refractivity contribution in [1.82, 2.24) is 4.57 Å². The lowest BCUT2D eigenvalue weighted by molar-refractivity contribution is 0.669. The van der Waals surface area contributed by atoms with E-state index in [9.17, 15) is 0 Å². The van der Waals surface area contributed by atoms with Gasteiger partial charge in [0, 0.05) is 48.7 Å². The molecule has 0 saturated heterocycles. The fraction of sp³-hybridized carbons (Fsp3) is 0. The second kappa shape index (κ2) is 12.4. The van der Waals surface area contributed by atoms with E-state index in [0.29, 0.717) is 0 Å². The number of thiophene rings is 1. The van der Waals surface area contributed by atoms with Crippen LogP contribution in [-0.2, 0) is 0 Å². The van der Waals surface area contributed by atoms with E-state index in [2.05, 4.69) is 191 Å². The van der Waals surface area contributed by atoms with E-state index < -0.39 is 0 Å². The number of fused-ring (bicyclic) bond motifs is 8. The molecule has 3 aromatic heterocycles. The van der Waals surface area contributed by atoms with Crippen LogP contribution in [-0.4, -0.2) is 4.57 Å². The van der Waals surface area contributed by atoms with Gasteiger partial charge < -0.3 is 13.9 Å². The van der Waals surface area contributed by atoms with Crippen LogP contribution in [0, 0.1) is 0 Å². The van der Waals surface area contributed by atoms with Gasteiger partial charge in [-0.3, -0.25) is 0 Å². The van der Waals surface area contributed by atoms with E-state index in [4.69, 9.17) is 4.42 Å². The molecule has 3 heterocycles. The van der Waals surface area contributed by atoms with Crippen LogP contribution in [0.3, 0.4) is 0 Å². The van der Waals surface area contributed by atoms with Crippen molar-refractivity contribution in [2.45, 2.75) is 0 Å². The highest BCUT2D eigenvalue weighted by molar-refractivity contribution is 7.25. The summed E-state index contributed by atoms with van der Waals surface area (Å²) < 4.78 is 10.3. The molecule has 54 heavy (non-hydrogen) atoms. The number of rotatable bonds is 6.